The minimum Gasteiger partial charge on any atom is -0.442 e. The van der Waals surface area contributed by atoms with Crippen molar-refractivity contribution in [2.45, 2.75) is 72.1 Å². The first-order chi connectivity index (χ1) is 16.6. The second-order valence-electron chi connectivity index (χ2n) is 10.6. The molecular formula is C24H28F2IN5O4. The van der Waals surface area contributed by atoms with Gasteiger partial charge in [-0.25, -0.2) is 23.5 Å². The van der Waals surface area contributed by atoms with E-state index in [1.807, 2.05) is 43.4 Å². The van der Waals surface area contributed by atoms with E-state index in [1.54, 1.807) is 25.7 Å². The molecule has 2 aromatic heterocycles. The van der Waals surface area contributed by atoms with E-state index in [0.29, 0.717) is 22.2 Å². The van der Waals surface area contributed by atoms with Crippen molar-refractivity contribution >= 4 is 39.7 Å². The van der Waals surface area contributed by atoms with Crippen molar-refractivity contribution in [1.29, 1.82) is 0 Å². The number of hydrogen-bond donors (Lipinski definition) is 1. The normalized spacial score (nSPS) is 15.7. The molecule has 1 aromatic carbocycles. The van der Waals surface area contributed by atoms with Gasteiger partial charge in [0.1, 0.15) is 32.0 Å². The van der Waals surface area contributed by atoms with E-state index in [9.17, 15) is 9.90 Å². The fourth-order valence-corrected chi connectivity index (χ4v) is 4.48. The van der Waals surface area contributed by atoms with Crippen LogP contribution in [0.5, 0.6) is 0 Å². The molecule has 12 heteroatoms. The van der Waals surface area contributed by atoms with Crippen molar-refractivity contribution in [3.05, 3.63) is 38.7 Å². The number of aliphatic hydroxyl groups is 1. The Kier molecular flexibility index (Phi) is 7.09. The molecule has 0 amide bonds. The lowest BCUT2D eigenvalue weighted by Crippen LogP contribution is -2.44. The van der Waals surface area contributed by atoms with Gasteiger partial charge in [-0.2, -0.15) is 9.78 Å². The van der Waals surface area contributed by atoms with Crippen molar-refractivity contribution < 1.29 is 28.2 Å². The molecule has 0 aliphatic carbocycles. The van der Waals surface area contributed by atoms with Crippen LogP contribution in [0.3, 0.4) is 0 Å². The summed E-state index contributed by atoms with van der Waals surface area (Å²) < 4.78 is 43.2. The molecule has 3 heterocycles. The van der Waals surface area contributed by atoms with E-state index < -0.39 is 35.3 Å². The van der Waals surface area contributed by atoms with Crippen LogP contribution in [-0.2, 0) is 22.4 Å². The Morgan fingerprint density at radius 2 is 1.89 bits per heavy atom. The highest BCUT2D eigenvalue weighted by Gasteiger charge is 2.31. The lowest BCUT2D eigenvalue weighted by molar-refractivity contribution is -0.242. The molecule has 0 fully saturated rings. The van der Waals surface area contributed by atoms with Gasteiger partial charge in [-0.3, -0.25) is 4.90 Å². The number of ether oxygens (including phenoxy) is 2. The first-order valence-electron chi connectivity index (χ1n) is 11.4. The second kappa shape index (κ2) is 9.54. The standard InChI is InChI=1S/C24H28F2IN5O4/c1-23(2,3)35-21(33)31-8-7-12-9-14(25)16(17(26)13(12)11-31)20-28-10-15-18(29-20)19(27)30-32(15)22(34)36-24(4,5)6/h9-10,21,33H,7-8,11H2,1-6H3. The summed E-state index contributed by atoms with van der Waals surface area (Å²) in [6.07, 6.45) is -0.315. The molecule has 0 spiro atoms. The zero-order valence-corrected chi connectivity index (χ0v) is 23.1. The Morgan fingerprint density at radius 1 is 1.19 bits per heavy atom. The van der Waals surface area contributed by atoms with E-state index in [1.165, 1.54) is 12.3 Å². The van der Waals surface area contributed by atoms with Crippen LogP contribution < -0.4 is 0 Å². The van der Waals surface area contributed by atoms with E-state index in [4.69, 9.17) is 9.47 Å². The maximum absolute atomic E-state index is 15.7. The number of aliphatic hydroxyl groups excluding tert-OH is 1. The second-order valence-corrected chi connectivity index (χ2v) is 11.6. The smallest absolute Gasteiger partial charge is 0.435 e. The highest BCUT2D eigenvalue weighted by atomic mass is 127. The number of carbonyl (C=O) groups excluding carboxylic acids is 1. The van der Waals surface area contributed by atoms with Gasteiger partial charge in [-0.05, 0) is 82.2 Å². The lowest BCUT2D eigenvalue weighted by Gasteiger charge is -2.35. The van der Waals surface area contributed by atoms with Crippen molar-refractivity contribution in [3.63, 3.8) is 0 Å². The van der Waals surface area contributed by atoms with Crippen LogP contribution in [0, 0.1) is 15.3 Å². The number of rotatable bonds is 3. The summed E-state index contributed by atoms with van der Waals surface area (Å²) in [6.45, 7) is 11.0. The number of halogens is 3. The molecule has 0 saturated carbocycles. The minimum absolute atomic E-state index is 0.0298. The SMILES string of the molecule is CC(C)(C)OC(=O)n1nc(I)c2nc(-c3c(F)cc4c(c3F)CN(C(O)OC(C)(C)C)CC4)ncc21. The molecule has 3 aromatic rings. The molecule has 9 nitrogen and oxygen atoms in total. The highest BCUT2D eigenvalue weighted by Crippen LogP contribution is 2.33. The Labute approximate surface area is 220 Å². The Bertz CT molecular complexity index is 1330. The Hall–Kier alpha value is -2.29. The van der Waals surface area contributed by atoms with Crippen LogP contribution in [0.25, 0.3) is 22.4 Å². The third kappa shape index (κ3) is 5.50. The molecule has 36 heavy (non-hydrogen) atoms. The maximum Gasteiger partial charge on any atom is 0.435 e. The van der Waals surface area contributed by atoms with Gasteiger partial charge in [0.25, 0.3) is 0 Å². The van der Waals surface area contributed by atoms with Gasteiger partial charge in [-0.1, -0.05) is 0 Å². The van der Waals surface area contributed by atoms with Crippen molar-refractivity contribution in [1.82, 2.24) is 24.6 Å². The average Bonchev–Trinajstić information content (AvgIpc) is 3.07. The highest BCUT2D eigenvalue weighted by molar-refractivity contribution is 14.1. The average molecular weight is 615 g/mol. The van der Waals surface area contributed by atoms with Crippen molar-refractivity contribution in [2.24, 2.45) is 0 Å². The van der Waals surface area contributed by atoms with Crippen molar-refractivity contribution in [3.8, 4) is 11.4 Å². The van der Waals surface area contributed by atoms with Gasteiger partial charge in [-0.15, -0.1) is 0 Å². The monoisotopic (exact) mass is 615 g/mol. The molecule has 0 radical (unpaired) electrons. The van der Waals surface area contributed by atoms with Gasteiger partial charge >= 0.3 is 6.09 Å². The molecule has 1 aliphatic rings. The summed E-state index contributed by atoms with van der Waals surface area (Å²) in [5.41, 5.74) is -0.446. The van der Waals surface area contributed by atoms with Gasteiger partial charge in [0.05, 0.1) is 17.4 Å². The van der Waals surface area contributed by atoms with Crippen LogP contribution in [0.4, 0.5) is 13.6 Å². The van der Waals surface area contributed by atoms with E-state index in [2.05, 4.69) is 15.1 Å². The summed E-state index contributed by atoms with van der Waals surface area (Å²) in [6, 6.07) is 1.28. The third-order valence-electron chi connectivity index (χ3n) is 5.38. The number of nitrogens with zero attached hydrogens (tertiary/aromatic N) is 5. The van der Waals surface area contributed by atoms with Gasteiger partial charge in [0.15, 0.2) is 5.82 Å². The van der Waals surface area contributed by atoms with Crippen LogP contribution in [-0.4, -0.2) is 60.0 Å². The van der Waals surface area contributed by atoms with E-state index in [0.717, 1.165) is 4.68 Å². The van der Waals surface area contributed by atoms with Gasteiger partial charge < -0.3 is 14.6 Å². The number of aromatic nitrogens is 4. The van der Waals surface area contributed by atoms with Crippen molar-refractivity contribution in [2.75, 3.05) is 6.54 Å². The van der Waals surface area contributed by atoms with Crippen LogP contribution in [0.1, 0.15) is 52.7 Å². The zero-order chi connectivity index (χ0) is 26.6. The summed E-state index contributed by atoms with van der Waals surface area (Å²) in [4.78, 5) is 22.6. The van der Waals surface area contributed by atoms with E-state index >= 15 is 8.78 Å². The number of carbonyl (C=O) groups is 1. The zero-order valence-electron chi connectivity index (χ0n) is 20.9. The Balaban J connectivity index is 1.72. The van der Waals surface area contributed by atoms with Crippen LogP contribution in [0.15, 0.2) is 12.3 Å². The molecule has 1 N–H and O–H groups in total. The molecule has 1 atom stereocenters. The van der Waals surface area contributed by atoms with Crippen LogP contribution in [0.2, 0.25) is 0 Å². The first-order valence-corrected chi connectivity index (χ1v) is 12.5. The molecule has 194 valence electrons. The van der Waals surface area contributed by atoms with Crippen LogP contribution >= 0.6 is 22.6 Å². The topological polar surface area (TPSA) is 103 Å². The molecule has 0 saturated heterocycles. The predicted octanol–water partition coefficient (Wildman–Crippen LogP) is 4.61. The largest absolute Gasteiger partial charge is 0.442 e. The maximum atomic E-state index is 15.7. The fraction of sp³-hybridized carbons (Fsp3) is 0.500. The minimum atomic E-state index is -1.24. The number of benzene rings is 1. The number of fused-ring (bicyclic) bond motifs is 2. The van der Waals surface area contributed by atoms with E-state index in [-0.39, 0.29) is 34.5 Å². The molecule has 4 rings (SSSR count). The summed E-state index contributed by atoms with van der Waals surface area (Å²) in [5, 5.41) is 14.6. The van der Waals surface area contributed by atoms with Gasteiger partial charge in [0, 0.05) is 18.7 Å². The van der Waals surface area contributed by atoms with Gasteiger partial charge in [0.2, 0.25) is 6.41 Å². The predicted molar refractivity (Wildman–Crippen MR) is 136 cm³/mol. The first kappa shape index (κ1) is 26.8. The lowest BCUT2D eigenvalue weighted by atomic mass is 9.95. The summed E-state index contributed by atoms with van der Waals surface area (Å²) >= 11 is 1.89. The molecule has 1 unspecified atom stereocenters. The third-order valence-corrected chi connectivity index (χ3v) is 6.11. The summed E-state index contributed by atoms with van der Waals surface area (Å²) in [5.74, 6) is -1.77. The molecule has 1 aliphatic heterocycles. The molecule has 0 bridgehead atoms. The summed E-state index contributed by atoms with van der Waals surface area (Å²) in [7, 11) is 0. The quantitative estimate of drug-likeness (QED) is 0.337. The fourth-order valence-electron chi connectivity index (χ4n) is 3.87. The number of hydrogen-bond acceptors (Lipinski definition) is 8. The Morgan fingerprint density at radius 3 is 2.53 bits per heavy atom. The molecular weight excluding hydrogens is 587 g/mol.